The zero-order valence-corrected chi connectivity index (χ0v) is 23.6. The molecule has 2 heterocycles. The molecule has 3 atom stereocenters. The van der Waals surface area contributed by atoms with E-state index >= 15 is 0 Å². The van der Waals surface area contributed by atoms with Gasteiger partial charge in [-0.15, -0.1) is 0 Å². The Kier molecular flexibility index (Phi) is 11.8. The second-order valence-electron chi connectivity index (χ2n) is 10.4. The molecule has 2 fully saturated rings. The highest BCUT2D eigenvalue weighted by Gasteiger charge is 2.44. The van der Waals surface area contributed by atoms with Crippen molar-refractivity contribution in [1.82, 2.24) is 31.9 Å². The number of hydrogen-bond donors (Lipinski definition) is 9. The Hall–Kier alpha value is -4.73. The maximum Gasteiger partial charge on any atom is 0.305 e. The highest BCUT2D eigenvalue weighted by Crippen LogP contribution is 2.22. The highest BCUT2D eigenvalue weighted by atomic mass is 16.5. The van der Waals surface area contributed by atoms with Crippen LogP contribution in [0.25, 0.3) is 0 Å². The molecule has 0 aromatic heterocycles. The zero-order valence-electron chi connectivity index (χ0n) is 23.6. The lowest BCUT2D eigenvalue weighted by molar-refractivity contribution is -0.142. The van der Waals surface area contributed by atoms with Crippen LogP contribution in [0.3, 0.4) is 0 Å². The Bertz CT molecular complexity index is 1200. The number of aliphatic carboxylic acids is 1. The van der Waals surface area contributed by atoms with E-state index in [1.165, 1.54) is 0 Å². The van der Waals surface area contributed by atoms with Crippen molar-refractivity contribution >= 4 is 41.5 Å². The van der Waals surface area contributed by atoms with E-state index in [1.54, 1.807) is 30.3 Å². The Labute approximate surface area is 247 Å². The van der Waals surface area contributed by atoms with Crippen LogP contribution in [-0.2, 0) is 39.9 Å². The van der Waals surface area contributed by atoms with Gasteiger partial charge in [-0.25, -0.2) is 0 Å². The number of carbonyl (C=O) groups is 6. The minimum Gasteiger partial charge on any atom is -0.481 e. The fourth-order valence-electron chi connectivity index (χ4n) is 4.80. The second kappa shape index (κ2) is 15.5. The smallest absolute Gasteiger partial charge is 0.305 e. The average molecular weight is 603 g/mol. The lowest BCUT2D eigenvalue weighted by Crippen LogP contribution is -2.66. The first-order chi connectivity index (χ1) is 20.5. The number of ether oxygens (including phenoxy) is 1. The normalized spacial score (nSPS) is 23.3. The van der Waals surface area contributed by atoms with Crippen LogP contribution in [0, 0.1) is 5.41 Å². The fourth-order valence-corrected chi connectivity index (χ4v) is 4.80. The molecule has 2 saturated heterocycles. The number of benzene rings is 1. The van der Waals surface area contributed by atoms with Crippen molar-refractivity contribution < 1.29 is 38.6 Å². The number of amides is 5. The van der Waals surface area contributed by atoms with E-state index in [9.17, 15) is 33.9 Å². The first-order valence-corrected chi connectivity index (χ1v) is 13.9. The van der Waals surface area contributed by atoms with Gasteiger partial charge >= 0.3 is 5.97 Å². The molecule has 234 valence electrons. The van der Waals surface area contributed by atoms with E-state index in [1.807, 2.05) is 0 Å². The molecule has 0 unspecified atom stereocenters. The lowest BCUT2D eigenvalue weighted by Gasteiger charge is -2.38. The van der Waals surface area contributed by atoms with Crippen molar-refractivity contribution in [3.05, 3.63) is 35.9 Å². The summed E-state index contributed by atoms with van der Waals surface area (Å²) in [4.78, 5) is 78.1. The molecule has 1 spiro atoms. The van der Waals surface area contributed by atoms with E-state index in [0.717, 1.165) is 0 Å². The number of guanidine groups is 1. The van der Waals surface area contributed by atoms with Gasteiger partial charge in [-0.3, -0.25) is 34.2 Å². The predicted octanol–water partition coefficient (Wildman–Crippen LogP) is -2.78. The average Bonchev–Trinajstić information content (AvgIpc) is 2.96. The summed E-state index contributed by atoms with van der Waals surface area (Å²) < 4.78 is 5.44. The molecular weight excluding hydrogens is 564 g/mol. The number of carboxylic acids is 1. The summed E-state index contributed by atoms with van der Waals surface area (Å²) in [6.45, 7) is -0.0925. The molecule has 2 aliphatic heterocycles. The Balaban J connectivity index is 1.97. The van der Waals surface area contributed by atoms with Crippen LogP contribution in [0.5, 0.6) is 0 Å². The number of carboxylic acid groups (broad SMARTS) is 1. The molecule has 16 nitrogen and oxygen atoms in total. The molecule has 1 aromatic rings. The van der Waals surface area contributed by atoms with Crippen LogP contribution in [0.15, 0.2) is 30.3 Å². The van der Waals surface area contributed by atoms with Gasteiger partial charge in [0.25, 0.3) is 0 Å². The van der Waals surface area contributed by atoms with Crippen LogP contribution in [0.1, 0.15) is 37.7 Å². The molecule has 2 aliphatic rings. The molecule has 3 rings (SSSR count). The first-order valence-electron chi connectivity index (χ1n) is 13.9. The quantitative estimate of drug-likeness (QED) is 0.0840. The fraction of sp³-hybridized carbons (Fsp3) is 0.519. The molecule has 10 N–H and O–H groups in total. The van der Waals surface area contributed by atoms with Gasteiger partial charge in [-0.1, -0.05) is 30.3 Å². The standard InChI is InChI=1S/C27H38N8O8/c28-26(29)30-10-4-7-17-24(41)35-27(8-11-43-12-9-27)25(42)34-18(13-16-5-2-1-3-6-16)23(40)33-19(14-21(37)38)22(39)31-15-20(36)32-17/h1-3,5-6,17-19H,4,7-15H2,(H,31,39)(H,32,36)(H,33,40)(H,34,42)(H,35,41)(H,37,38)(H4,28,29,30)/t17-,18+,19-/m0/s1. The number of rotatable bonds is 8. The number of hydrogen-bond acceptors (Lipinski definition) is 8. The van der Waals surface area contributed by atoms with E-state index in [4.69, 9.17) is 15.9 Å². The van der Waals surface area contributed by atoms with Gasteiger partial charge in [0.15, 0.2) is 5.96 Å². The van der Waals surface area contributed by atoms with E-state index in [-0.39, 0.29) is 51.4 Å². The molecule has 0 saturated carbocycles. The van der Waals surface area contributed by atoms with Gasteiger partial charge in [0, 0.05) is 39.0 Å². The second-order valence-corrected chi connectivity index (χ2v) is 10.4. The molecule has 16 heteroatoms. The van der Waals surface area contributed by atoms with Crippen LogP contribution >= 0.6 is 0 Å². The van der Waals surface area contributed by atoms with Gasteiger partial charge in [-0.2, -0.15) is 0 Å². The molecule has 0 bridgehead atoms. The van der Waals surface area contributed by atoms with E-state index in [2.05, 4.69) is 31.9 Å². The topological polar surface area (TPSA) is 254 Å². The number of nitrogens with one attached hydrogen (secondary N) is 7. The van der Waals surface area contributed by atoms with Crippen molar-refractivity contribution in [2.45, 2.75) is 62.2 Å². The Morgan fingerprint density at radius 2 is 1.67 bits per heavy atom. The van der Waals surface area contributed by atoms with Gasteiger partial charge in [0.1, 0.15) is 23.7 Å². The summed E-state index contributed by atoms with van der Waals surface area (Å²) >= 11 is 0. The van der Waals surface area contributed by atoms with Gasteiger partial charge in [0.05, 0.1) is 13.0 Å². The first kappa shape index (κ1) is 32.8. The van der Waals surface area contributed by atoms with Gasteiger partial charge in [-0.05, 0) is 18.4 Å². The van der Waals surface area contributed by atoms with E-state index in [0.29, 0.717) is 12.0 Å². The van der Waals surface area contributed by atoms with Crippen molar-refractivity contribution in [2.75, 3.05) is 26.3 Å². The summed E-state index contributed by atoms with van der Waals surface area (Å²) in [5, 5.41) is 32.0. The molecule has 0 aliphatic carbocycles. The molecule has 1 aromatic carbocycles. The monoisotopic (exact) mass is 602 g/mol. The summed E-state index contributed by atoms with van der Waals surface area (Å²) in [6.07, 6.45) is -0.204. The van der Waals surface area contributed by atoms with Gasteiger partial charge < -0.3 is 47.5 Å². The number of carbonyl (C=O) groups excluding carboxylic acids is 5. The SMILES string of the molecule is N=C(N)NCCC[C@@H]1NC(=O)CNC(=O)[C@H](CC(=O)O)NC(=O)[C@@H](Cc2ccccc2)NC(=O)C2(CCOCC2)NC1=O. The maximum atomic E-state index is 13.9. The summed E-state index contributed by atoms with van der Waals surface area (Å²) in [7, 11) is 0. The van der Waals surface area contributed by atoms with Crippen molar-refractivity contribution in [3.63, 3.8) is 0 Å². The van der Waals surface area contributed by atoms with Crippen LogP contribution in [0.4, 0.5) is 0 Å². The van der Waals surface area contributed by atoms with Gasteiger partial charge in [0.2, 0.25) is 29.5 Å². The molecule has 5 amide bonds. The minimum atomic E-state index is -1.55. The molecular formula is C27H38N8O8. The third-order valence-electron chi connectivity index (χ3n) is 7.12. The summed E-state index contributed by atoms with van der Waals surface area (Å²) in [6, 6.07) is 4.83. The van der Waals surface area contributed by atoms with Crippen LogP contribution in [-0.4, -0.2) is 96.5 Å². The third-order valence-corrected chi connectivity index (χ3v) is 7.12. The molecule has 43 heavy (non-hydrogen) atoms. The summed E-state index contributed by atoms with van der Waals surface area (Å²) in [5.74, 6) is -5.47. The van der Waals surface area contributed by atoms with Crippen LogP contribution < -0.4 is 37.6 Å². The molecule has 0 radical (unpaired) electrons. The van der Waals surface area contributed by atoms with Crippen molar-refractivity contribution in [1.29, 1.82) is 5.41 Å². The maximum absolute atomic E-state index is 13.9. The summed E-state index contributed by atoms with van der Waals surface area (Å²) in [5.41, 5.74) is 4.50. The third kappa shape index (κ3) is 9.95. The minimum absolute atomic E-state index is 0.00612. The Morgan fingerprint density at radius 1 is 0.977 bits per heavy atom. The van der Waals surface area contributed by atoms with Crippen LogP contribution in [0.2, 0.25) is 0 Å². The highest BCUT2D eigenvalue weighted by molar-refractivity contribution is 5.99. The predicted molar refractivity (Wildman–Crippen MR) is 151 cm³/mol. The van der Waals surface area contributed by atoms with Crippen molar-refractivity contribution in [2.24, 2.45) is 5.73 Å². The lowest BCUT2D eigenvalue weighted by atomic mass is 9.87. The number of nitrogens with two attached hydrogens (primary N) is 1. The zero-order chi connectivity index (χ0) is 31.4. The Morgan fingerprint density at radius 3 is 2.33 bits per heavy atom. The largest absolute Gasteiger partial charge is 0.481 e. The van der Waals surface area contributed by atoms with Crippen molar-refractivity contribution in [3.8, 4) is 0 Å². The van der Waals surface area contributed by atoms with E-state index < -0.39 is 72.1 Å².